The van der Waals surface area contributed by atoms with E-state index in [1.54, 1.807) is 6.92 Å². The van der Waals surface area contributed by atoms with E-state index in [4.69, 9.17) is 5.11 Å². The summed E-state index contributed by atoms with van der Waals surface area (Å²) in [7, 11) is 0. The molecule has 2 nitrogen and oxygen atoms in total. The molecule has 0 bridgehead atoms. The maximum Gasteiger partial charge on any atom is 0.129 e. The van der Waals surface area contributed by atoms with E-state index in [-0.39, 0.29) is 12.4 Å². The molecule has 0 heterocycles. The van der Waals surface area contributed by atoms with Crippen LogP contribution in [-0.2, 0) is 4.79 Å². The van der Waals surface area contributed by atoms with E-state index in [9.17, 15) is 4.79 Å². The summed E-state index contributed by atoms with van der Waals surface area (Å²) in [6.45, 7) is 3.82. The number of Topliss-reactive ketones (excluding diaryl/α,β-unsaturated/α-hetero) is 1. The van der Waals surface area contributed by atoms with Crippen molar-refractivity contribution < 1.29 is 9.90 Å². The lowest BCUT2D eigenvalue weighted by molar-refractivity contribution is -0.117. The molecule has 1 N–H and O–H groups in total. The molecule has 0 aromatic heterocycles. The van der Waals surface area contributed by atoms with Crippen LogP contribution in [0.3, 0.4) is 0 Å². The molecule has 0 aliphatic rings. The maximum absolute atomic E-state index is 10.5. The highest BCUT2D eigenvalue weighted by molar-refractivity contribution is 5.75. The smallest absolute Gasteiger partial charge is 0.129 e. The fraction of sp³-hybridized carbons (Fsp3) is 0.875. The standard InChI is InChI=1S/C8H16O2/c1-7(6-9)4-3-5-8(2)10/h7,9H,3-6H2,1-2H3/t7-/m1/s1. The third-order valence-electron chi connectivity index (χ3n) is 1.54. The zero-order chi connectivity index (χ0) is 7.98. The molecule has 10 heavy (non-hydrogen) atoms. The number of hydrogen-bond donors (Lipinski definition) is 1. The molecule has 60 valence electrons. The Morgan fingerprint density at radius 1 is 1.60 bits per heavy atom. The van der Waals surface area contributed by atoms with Gasteiger partial charge >= 0.3 is 0 Å². The van der Waals surface area contributed by atoms with Gasteiger partial charge in [-0.05, 0) is 25.7 Å². The van der Waals surface area contributed by atoms with Gasteiger partial charge in [-0.25, -0.2) is 0 Å². The highest BCUT2D eigenvalue weighted by atomic mass is 16.3. The van der Waals surface area contributed by atoms with Crippen LogP contribution in [-0.4, -0.2) is 17.5 Å². The molecule has 0 aromatic rings. The molecule has 2 heteroatoms. The second kappa shape index (κ2) is 5.42. The summed E-state index contributed by atoms with van der Waals surface area (Å²) in [5.41, 5.74) is 0. The van der Waals surface area contributed by atoms with Gasteiger partial charge in [-0.1, -0.05) is 6.92 Å². The molecule has 0 fully saturated rings. The van der Waals surface area contributed by atoms with Crippen molar-refractivity contribution in [2.24, 2.45) is 5.92 Å². The van der Waals surface area contributed by atoms with Crippen molar-refractivity contribution in [2.45, 2.75) is 33.1 Å². The van der Waals surface area contributed by atoms with Crippen molar-refractivity contribution in [2.75, 3.05) is 6.61 Å². The molecule has 0 saturated carbocycles. The zero-order valence-electron chi connectivity index (χ0n) is 6.76. The SMILES string of the molecule is CC(=O)CCC[C@@H](C)CO. The van der Waals surface area contributed by atoms with E-state index in [0.29, 0.717) is 12.3 Å². The maximum atomic E-state index is 10.5. The summed E-state index contributed by atoms with van der Waals surface area (Å²) < 4.78 is 0. The Morgan fingerprint density at radius 2 is 2.20 bits per heavy atom. The monoisotopic (exact) mass is 144 g/mol. The molecule has 0 rings (SSSR count). The number of hydrogen-bond acceptors (Lipinski definition) is 2. The molecular weight excluding hydrogens is 128 g/mol. The van der Waals surface area contributed by atoms with Crippen LogP contribution < -0.4 is 0 Å². The molecule has 0 aromatic carbocycles. The number of ketones is 1. The second-order valence-corrected chi connectivity index (χ2v) is 2.88. The lowest BCUT2D eigenvalue weighted by atomic mass is 10.0. The quantitative estimate of drug-likeness (QED) is 0.632. The summed E-state index contributed by atoms with van der Waals surface area (Å²) in [4.78, 5) is 10.5. The van der Waals surface area contributed by atoms with Gasteiger partial charge in [-0.2, -0.15) is 0 Å². The molecule has 0 aliphatic carbocycles. The van der Waals surface area contributed by atoms with E-state index in [2.05, 4.69) is 0 Å². The molecule has 0 radical (unpaired) electrons. The summed E-state index contributed by atoms with van der Waals surface area (Å²) in [5, 5.41) is 8.62. The van der Waals surface area contributed by atoms with E-state index in [0.717, 1.165) is 12.8 Å². The minimum absolute atomic E-state index is 0.234. The molecule has 0 aliphatic heterocycles. The van der Waals surface area contributed by atoms with E-state index < -0.39 is 0 Å². The van der Waals surface area contributed by atoms with Crippen LogP contribution in [0.4, 0.5) is 0 Å². The van der Waals surface area contributed by atoms with Crippen molar-refractivity contribution in [1.29, 1.82) is 0 Å². The van der Waals surface area contributed by atoms with Crippen molar-refractivity contribution in [1.82, 2.24) is 0 Å². The highest BCUT2D eigenvalue weighted by Crippen LogP contribution is 2.06. The Morgan fingerprint density at radius 3 is 2.60 bits per heavy atom. The van der Waals surface area contributed by atoms with Crippen LogP contribution in [0.1, 0.15) is 33.1 Å². The van der Waals surface area contributed by atoms with Crippen LogP contribution in [0.5, 0.6) is 0 Å². The predicted octanol–water partition coefficient (Wildman–Crippen LogP) is 1.37. The number of carbonyl (C=O) groups excluding carboxylic acids is 1. The van der Waals surface area contributed by atoms with Crippen LogP contribution >= 0.6 is 0 Å². The van der Waals surface area contributed by atoms with Gasteiger partial charge in [-0.15, -0.1) is 0 Å². The average molecular weight is 144 g/mol. The average Bonchev–Trinajstić information content (AvgIpc) is 1.87. The minimum Gasteiger partial charge on any atom is -0.396 e. The van der Waals surface area contributed by atoms with Gasteiger partial charge in [0.25, 0.3) is 0 Å². The summed E-state index contributed by atoms with van der Waals surface area (Å²) in [5.74, 6) is 0.587. The Labute approximate surface area is 62.2 Å². The number of aliphatic hydroxyl groups excluding tert-OH is 1. The molecule has 0 spiro atoms. The molecule has 0 saturated heterocycles. The molecule has 0 unspecified atom stereocenters. The number of rotatable bonds is 5. The lowest BCUT2D eigenvalue weighted by Crippen LogP contribution is -2.01. The largest absolute Gasteiger partial charge is 0.396 e. The Bertz CT molecular complexity index is 99.4. The van der Waals surface area contributed by atoms with Crippen molar-refractivity contribution in [3.05, 3.63) is 0 Å². The van der Waals surface area contributed by atoms with Gasteiger partial charge in [0.2, 0.25) is 0 Å². The van der Waals surface area contributed by atoms with E-state index >= 15 is 0 Å². The topological polar surface area (TPSA) is 37.3 Å². The molecule has 1 atom stereocenters. The lowest BCUT2D eigenvalue weighted by Gasteiger charge is -2.04. The first-order valence-corrected chi connectivity index (χ1v) is 3.77. The fourth-order valence-corrected chi connectivity index (χ4v) is 0.791. The van der Waals surface area contributed by atoms with Crippen LogP contribution in [0, 0.1) is 5.92 Å². The minimum atomic E-state index is 0.234. The van der Waals surface area contributed by atoms with E-state index in [1.165, 1.54) is 0 Å². The van der Waals surface area contributed by atoms with E-state index in [1.807, 2.05) is 6.92 Å². The van der Waals surface area contributed by atoms with Gasteiger partial charge in [0.15, 0.2) is 0 Å². The number of aliphatic hydroxyl groups is 1. The third-order valence-corrected chi connectivity index (χ3v) is 1.54. The van der Waals surface area contributed by atoms with Gasteiger partial charge in [0.05, 0.1) is 0 Å². The van der Waals surface area contributed by atoms with Gasteiger partial charge in [0.1, 0.15) is 5.78 Å². The first-order valence-electron chi connectivity index (χ1n) is 3.77. The van der Waals surface area contributed by atoms with Crippen molar-refractivity contribution in [3.8, 4) is 0 Å². The predicted molar refractivity (Wildman–Crippen MR) is 40.8 cm³/mol. The zero-order valence-corrected chi connectivity index (χ0v) is 6.76. The summed E-state index contributed by atoms with van der Waals surface area (Å²) >= 11 is 0. The normalized spacial score (nSPS) is 13.1. The summed E-state index contributed by atoms with van der Waals surface area (Å²) in [6, 6.07) is 0. The van der Waals surface area contributed by atoms with Gasteiger partial charge < -0.3 is 9.90 Å². The first kappa shape index (κ1) is 9.63. The van der Waals surface area contributed by atoms with Gasteiger partial charge in [-0.3, -0.25) is 0 Å². The Balaban J connectivity index is 3.11. The fourth-order valence-electron chi connectivity index (χ4n) is 0.791. The van der Waals surface area contributed by atoms with Crippen LogP contribution in [0.15, 0.2) is 0 Å². The van der Waals surface area contributed by atoms with Crippen molar-refractivity contribution in [3.63, 3.8) is 0 Å². The van der Waals surface area contributed by atoms with Gasteiger partial charge in [0, 0.05) is 13.0 Å². The molecular formula is C8H16O2. The van der Waals surface area contributed by atoms with Crippen molar-refractivity contribution >= 4 is 5.78 Å². The van der Waals surface area contributed by atoms with Crippen LogP contribution in [0.2, 0.25) is 0 Å². The molecule has 0 amide bonds. The Hall–Kier alpha value is -0.370. The second-order valence-electron chi connectivity index (χ2n) is 2.88. The third kappa shape index (κ3) is 5.76. The number of carbonyl (C=O) groups is 1. The summed E-state index contributed by atoms with van der Waals surface area (Å²) in [6.07, 6.45) is 2.53. The first-order chi connectivity index (χ1) is 4.66. The Kier molecular flexibility index (Phi) is 5.22. The van der Waals surface area contributed by atoms with Crippen LogP contribution in [0.25, 0.3) is 0 Å². The highest BCUT2D eigenvalue weighted by Gasteiger charge is 1.99.